The van der Waals surface area contributed by atoms with Gasteiger partial charge in [-0.2, -0.15) is 0 Å². The van der Waals surface area contributed by atoms with Crippen molar-refractivity contribution in [2.45, 2.75) is 0 Å². The first-order chi connectivity index (χ1) is 11.1. The van der Waals surface area contributed by atoms with Crippen LogP contribution in [0.5, 0.6) is 5.75 Å². The second-order valence-corrected chi connectivity index (χ2v) is 5.65. The number of carbonyl (C=O) groups is 2. The first kappa shape index (κ1) is 15.7. The van der Waals surface area contributed by atoms with Crippen molar-refractivity contribution in [3.63, 3.8) is 0 Å². The average Bonchev–Trinajstić information content (AvgIpc) is 2.53. The van der Waals surface area contributed by atoms with Gasteiger partial charge >= 0.3 is 0 Å². The standard InChI is InChI=1S/C16H19FN2O4/c17-13-3-1-2-4-14(13)23-11-15(20)19-9-12(10-19)16(21)18-5-7-22-8-6-18/h1-4,12H,5-11H2. The van der Waals surface area contributed by atoms with Gasteiger partial charge in [0.15, 0.2) is 18.2 Å². The molecule has 2 aliphatic rings. The summed E-state index contributed by atoms with van der Waals surface area (Å²) in [5.41, 5.74) is 0. The Morgan fingerprint density at radius 2 is 1.87 bits per heavy atom. The van der Waals surface area contributed by atoms with Gasteiger partial charge in [0.1, 0.15) is 0 Å². The minimum Gasteiger partial charge on any atom is -0.481 e. The van der Waals surface area contributed by atoms with E-state index in [0.29, 0.717) is 39.4 Å². The van der Waals surface area contributed by atoms with E-state index in [0.717, 1.165) is 0 Å². The number of morpholine rings is 1. The Hall–Kier alpha value is -2.15. The highest BCUT2D eigenvalue weighted by atomic mass is 19.1. The Morgan fingerprint density at radius 3 is 2.57 bits per heavy atom. The number of benzene rings is 1. The molecular formula is C16H19FN2O4. The summed E-state index contributed by atoms with van der Waals surface area (Å²) in [6, 6.07) is 5.95. The van der Waals surface area contributed by atoms with Gasteiger partial charge in [-0.3, -0.25) is 9.59 Å². The molecule has 2 heterocycles. The van der Waals surface area contributed by atoms with E-state index < -0.39 is 5.82 Å². The van der Waals surface area contributed by atoms with E-state index in [1.165, 1.54) is 12.1 Å². The Labute approximate surface area is 133 Å². The van der Waals surface area contributed by atoms with Crippen molar-refractivity contribution >= 4 is 11.8 Å². The molecule has 6 nitrogen and oxygen atoms in total. The van der Waals surface area contributed by atoms with Gasteiger partial charge in [-0.1, -0.05) is 12.1 Å². The second kappa shape index (κ2) is 6.95. The minimum atomic E-state index is -0.496. The molecule has 2 saturated heterocycles. The van der Waals surface area contributed by atoms with E-state index in [1.54, 1.807) is 21.9 Å². The van der Waals surface area contributed by atoms with Crippen LogP contribution in [0.3, 0.4) is 0 Å². The van der Waals surface area contributed by atoms with Gasteiger partial charge in [0.25, 0.3) is 5.91 Å². The molecule has 1 aromatic rings. The van der Waals surface area contributed by atoms with E-state index in [4.69, 9.17) is 9.47 Å². The van der Waals surface area contributed by atoms with E-state index >= 15 is 0 Å². The first-order valence-electron chi connectivity index (χ1n) is 7.67. The third-order valence-electron chi connectivity index (χ3n) is 4.09. The van der Waals surface area contributed by atoms with Gasteiger partial charge in [-0.15, -0.1) is 0 Å². The highest BCUT2D eigenvalue weighted by molar-refractivity contribution is 5.85. The second-order valence-electron chi connectivity index (χ2n) is 5.65. The lowest BCUT2D eigenvalue weighted by Gasteiger charge is -2.41. The molecule has 0 bridgehead atoms. The Kier molecular flexibility index (Phi) is 4.76. The van der Waals surface area contributed by atoms with Crippen molar-refractivity contribution in [3.05, 3.63) is 30.1 Å². The molecule has 23 heavy (non-hydrogen) atoms. The lowest BCUT2D eigenvalue weighted by Crippen LogP contribution is -2.58. The number of hydrogen-bond acceptors (Lipinski definition) is 4. The van der Waals surface area contributed by atoms with Crippen LogP contribution in [0, 0.1) is 11.7 Å². The quantitative estimate of drug-likeness (QED) is 0.811. The van der Waals surface area contributed by atoms with E-state index in [1.807, 2.05) is 0 Å². The normalized spacial score (nSPS) is 18.5. The number of rotatable bonds is 4. The fourth-order valence-electron chi connectivity index (χ4n) is 2.67. The molecule has 124 valence electrons. The zero-order valence-electron chi connectivity index (χ0n) is 12.7. The van der Waals surface area contributed by atoms with Crippen LogP contribution >= 0.6 is 0 Å². The number of amides is 2. The van der Waals surface area contributed by atoms with E-state index in [-0.39, 0.29) is 30.1 Å². The lowest BCUT2D eigenvalue weighted by molar-refractivity contribution is -0.152. The largest absolute Gasteiger partial charge is 0.481 e. The van der Waals surface area contributed by atoms with Crippen LogP contribution in [0.15, 0.2) is 24.3 Å². The third kappa shape index (κ3) is 3.61. The summed E-state index contributed by atoms with van der Waals surface area (Å²) in [6.07, 6.45) is 0. The van der Waals surface area contributed by atoms with E-state index in [2.05, 4.69) is 0 Å². The molecule has 7 heteroatoms. The summed E-state index contributed by atoms with van der Waals surface area (Å²) < 4.78 is 23.8. The van der Waals surface area contributed by atoms with Crippen LogP contribution in [-0.4, -0.2) is 67.6 Å². The fourth-order valence-corrected chi connectivity index (χ4v) is 2.67. The third-order valence-corrected chi connectivity index (χ3v) is 4.09. The molecular weight excluding hydrogens is 303 g/mol. The Balaban J connectivity index is 1.43. The molecule has 1 aromatic carbocycles. The lowest BCUT2D eigenvalue weighted by atomic mass is 9.98. The van der Waals surface area contributed by atoms with E-state index in [9.17, 15) is 14.0 Å². The molecule has 2 fully saturated rings. The summed E-state index contributed by atoms with van der Waals surface area (Å²) in [5, 5.41) is 0. The molecule has 0 aromatic heterocycles. The average molecular weight is 322 g/mol. The zero-order valence-corrected chi connectivity index (χ0v) is 12.7. The summed E-state index contributed by atoms with van der Waals surface area (Å²) in [7, 11) is 0. The van der Waals surface area contributed by atoms with Crippen LogP contribution < -0.4 is 4.74 Å². The summed E-state index contributed by atoms with van der Waals surface area (Å²) in [6.45, 7) is 2.93. The van der Waals surface area contributed by atoms with Crippen molar-refractivity contribution in [1.82, 2.24) is 9.80 Å². The smallest absolute Gasteiger partial charge is 0.260 e. The van der Waals surface area contributed by atoms with Crippen molar-refractivity contribution < 1.29 is 23.5 Å². The number of ether oxygens (including phenoxy) is 2. The maximum Gasteiger partial charge on any atom is 0.260 e. The van der Waals surface area contributed by atoms with Crippen molar-refractivity contribution in [2.24, 2.45) is 5.92 Å². The fraction of sp³-hybridized carbons (Fsp3) is 0.500. The highest BCUT2D eigenvalue weighted by Gasteiger charge is 2.38. The molecule has 0 aliphatic carbocycles. The number of likely N-dealkylation sites (tertiary alicyclic amines) is 1. The Bertz CT molecular complexity index is 583. The van der Waals surface area contributed by atoms with Crippen LogP contribution in [-0.2, 0) is 14.3 Å². The molecule has 0 unspecified atom stereocenters. The van der Waals surface area contributed by atoms with Gasteiger partial charge in [0.05, 0.1) is 19.1 Å². The zero-order chi connectivity index (χ0) is 16.2. The summed E-state index contributed by atoms with van der Waals surface area (Å²) in [4.78, 5) is 27.6. The van der Waals surface area contributed by atoms with Crippen molar-refractivity contribution in [2.75, 3.05) is 46.0 Å². The number of carbonyl (C=O) groups excluding carboxylic acids is 2. The molecule has 0 spiro atoms. The summed E-state index contributed by atoms with van der Waals surface area (Å²) >= 11 is 0. The first-order valence-corrected chi connectivity index (χ1v) is 7.67. The minimum absolute atomic E-state index is 0.0577. The van der Waals surface area contributed by atoms with Crippen molar-refractivity contribution in [1.29, 1.82) is 0 Å². The van der Waals surface area contributed by atoms with Gasteiger partial charge in [0, 0.05) is 26.2 Å². The molecule has 0 radical (unpaired) electrons. The van der Waals surface area contributed by atoms with Gasteiger partial charge in [-0.05, 0) is 12.1 Å². The van der Waals surface area contributed by atoms with Gasteiger partial charge < -0.3 is 19.3 Å². The highest BCUT2D eigenvalue weighted by Crippen LogP contribution is 2.20. The maximum absolute atomic E-state index is 13.4. The monoisotopic (exact) mass is 322 g/mol. The van der Waals surface area contributed by atoms with Crippen molar-refractivity contribution in [3.8, 4) is 5.75 Å². The Morgan fingerprint density at radius 1 is 1.17 bits per heavy atom. The van der Waals surface area contributed by atoms with Crippen LogP contribution in [0.1, 0.15) is 0 Å². The van der Waals surface area contributed by atoms with Crippen LogP contribution in [0.25, 0.3) is 0 Å². The SMILES string of the molecule is O=C(COc1ccccc1F)N1CC(C(=O)N2CCOCC2)C1. The summed E-state index contributed by atoms with van der Waals surface area (Å²) in [5.74, 6) is -0.747. The maximum atomic E-state index is 13.4. The van der Waals surface area contributed by atoms with Gasteiger partial charge in [0.2, 0.25) is 5.91 Å². The molecule has 2 amide bonds. The molecule has 0 atom stereocenters. The number of nitrogens with zero attached hydrogens (tertiary/aromatic N) is 2. The number of para-hydroxylation sites is 1. The molecule has 0 saturated carbocycles. The van der Waals surface area contributed by atoms with Gasteiger partial charge in [-0.25, -0.2) is 4.39 Å². The predicted octanol–water partition coefficient (Wildman–Crippen LogP) is 0.522. The number of hydrogen-bond donors (Lipinski definition) is 0. The molecule has 2 aliphatic heterocycles. The van der Waals surface area contributed by atoms with Crippen LogP contribution in [0.2, 0.25) is 0 Å². The number of halogens is 1. The molecule has 0 N–H and O–H groups in total. The van der Waals surface area contributed by atoms with Crippen LogP contribution in [0.4, 0.5) is 4.39 Å². The predicted molar refractivity (Wildman–Crippen MR) is 79.4 cm³/mol. The topological polar surface area (TPSA) is 59.1 Å². The molecule has 3 rings (SSSR count).